The summed E-state index contributed by atoms with van der Waals surface area (Å²) in [6.45, 7) is 2.55. The van der Waals surface area contributed by atoms with Crippen LogP contribution in [-0.4, -0.2) is 44.6 Å². The molecule has 0 bridgehead atoms. The van der Waals surface area contributed by atoms with E-state index in [9.17, 15) is 8.78 Å². The van der Waals surface area contributed by atoms with Crippen molar-refractivity contribution in [1.82, 2.24) is 10.2 Å². The highest BCUT2D eigenvalue weighted by Gasteiger charge is 2.40. The molecule has 0 aromatic carbocycles. The van der Waals surface area contributed by atoms with Crippen LogP contribution < -0.4 is 5.32 Å². The summed E-state index contributed by atoms with van der Waals surface area (Å²) in [6.07, 6.45) is 2.35. The van der Waals surface area contributed by atoms with Crippen LogP contribution in [0.1, 0.15) is 19.8 Å². The van der Waals surface area contributed by atoms with E-state index in [-0.39, 0.29) is 13.1 Å². The number of alkyl halides is 2. The Morgan fingerprint density at radius 1 is 1.43 bits per heavy atom. The maximum Gasteiger partial charge on any atom is 0.272 e. The van der Waals surface area contributed by atoms with Gasteiger partial charge in [0, 0.05) is 6.54 Å². The zero-order valence-electron chi connectivity index (χ0n) is 9.24. The Balaban J connectivity index is 2.28. The molecule has 0 atom stereocenters. The second kappa shape index (κ2) is 4.11. The molecule has 0 aliphatic heterocycles. The molecule has 0 amide bonds. The first kappa shape index (κ1) is 11.9. The number of rotatable bonds is 6. The van der Waals surface area contributed by atoms with Crippen molar-refractivity contribution in [2.45, 2.75) is 25.7 Å². The highest BCUT2D eigenvalue weighted by atomic mass is 19.3. The maximum atomic E-state index is 13.2. The van der Waals surface area contributed by atoms with Gasteiger partial charge in [0.25, 0.3) is 5.92 Å². The van der Waals surface area contributed by atoms with Gasteiger partial charge in [-0.15, -0.1) is 0 Å². The fourth-order valence-corrected chi connectivity index (χ4v) is 1.79. The van der Waals surface area contributed by atoms with E-state index in [4.69, 9.17) is 0 Å². The Labute approximate surface area is 84.7 Å². The van der Waals surface area contributed by atoms with Crippen molar-refractivity contribution in [1.29, 1.82) is 0 Å². The fraction of sp³-hybridized carbons (Fsp3) is 1.00. The Kier molecular flexibility index (Phi) is 3.48. The molecule has 1 fully saturated rings. The molecule has 0 unspecified atom stereocenters. The number of hydrogen-bond acceptors (Lipinski definition) is 2. The van der Waals surface area contributed by atoms with Gasteiger partial charge in [-0.1, -0.05) is 6.92 Å². The molecule has 84 valence electrons. The Bertz CT molecular complexity index is 191. The first-order chi connectivity index (χ1) is 6.37. The van der Waals surface area contributed by atoms with Gasteiger partial charge >= 0.3 is 0 Å². The molecule has 0 aromatic heterocycles. The van der Waals surface area contributed by atoms with E-state index in [0.717, 1.165) is 6.54 Å². The molecule has 0 saturated heterocycles. The van der Waals surface area contributed by atoms with Crippen molar-refractivity contribution in [2.24, 2.45) is 5.41 Å². The van der Waals surface area contributed by atoms with Crippen LogP contribution in [0, 0.1) is 5.41 Å². The van der Waals surface area contributed by atoms with Crippen molar-refractivity contribution >= 4 is 0 Å². The topological polar surface area (TPSA) is 15.3 Å². The van der Waals surface area contributed by atoms with E-state index in [0.29, 0.717) is 5.41 Å². The van der Waals surface area contributed by atoms with Crippen LogP contribution in [0.3, 0.4) is 0 Å². The molecular formula is C10H20F2N2. The number of nitrogens with zero attached hydrogens (tertiary/aromatic N) is 1. The van der Waals surface area contributed by atoms with Gasteiger partial charge in [-0.25, -0.2) is 8.78 Å². The van der Waals surface area contributed by atoms with E-state index in [1.807, 2.05) is 0 Å². The van der Waals surface area contributed by atoms with Crippen LogP contribution in [0.25, 0.3) is 0 Å². The van der Waals surface area contributed by atoms with Gasteiger partial charge in [0.15, 0.2) is 0 Å². The third-order valence-electron chi connectivity index (χ3n) is 2.69. The fourth-order valence-electron chi connectivity index (χ4n) is 1.79. The average molecular weight is 206 g/mol. The zero-order valence-corrected chi connectivity index (χ0v) is 9.24. The lowest BCUT2D eigenvalue weighted by atomic mass is 10.1. The molecule has 4 heteroatoms. The molecule has 0 radical (unpaired) electrons. The quantitative estimate of drug-likeness (QED) is 0.709. The molecule has 0 aromatic rings. The molecule has 1 aliphatic carbocycles. The van der Waals surface area contributed by atoms with Crippen LogP contribution in [0.15, 0.2) is 0 Å². The third kappa shape index (κ3) is 3.88. The summed E-state index contributed by atoms with van der Waals surface area (Å²) in [5, 5.41) is 2.52. The standard InChI is InChI=1S/C10H20F2N2/c1-9(4-5-9)7-14(3)8-10(11,12)6-13-2/h13H,4-8H2,1-3H3. The summed E-state index contributed by atoms with van der Waals surface area (Å²) in [5.41, 5.74) is 0.310. The second-order valence-corrected chi connectivity index (χ2v) is 4.87. The summed E-state index contributed by atoms with van der Waals surface area (Å²) in [5.74, 6) is -2.62. The van der Waals surface area contributed by atoms with Crippen LogP contribution in [0.2, 0.25) is 0 Å². The van der Waals surface area contributed by atoms with Crippen molar-refractivity contribution in [3.8, 4) is 0 Å². The summed E-state index contributed by atoms with van der Waals surface area (Å²) in [4.78, 5) is 1.74. The Morgan fingerprint density at radius 2 is 2.00 bits per heavy atom. The Morgan fingerprint density at radius 3 is 2.43 bits per heavy atom. The van der Waals surface area contributed by atoms with Crippen LogP contribution >= 0.6 is 0 Å². The number of nitrogens with one attached hydrogen (secondary N) is 1. The van der Waals surface area contributed by atoms with Gasteiger partial charge in [0.2, 0.25) is 0 Å². The van der Waals surface area contributed by atoms with Gasteiger partial charge in [-0.2, -0.15) is 0 Å². The summed E-state index contributed by atoms with van der Waals surface area (Å²) in [6, 6.07) is 0. The average Bonchev–Trinajstić information content (AvgIpc) is 2.64. The lowest BCUT2D eigenvalue weighted by Gasteiger charge is -2.25. The second-order valence-electron chi connectivity index (χ2n) is 4.87. The lowest BCUT2D eigenvalue weighted by molar-refractivity contribution is -0.0263. The molecular weight excluding hydrogens is 186 g/mol. The SMILES string of the molecule is CNCC(F)(F)CN(C)CC1(C)CC1. The Hall–Kier alpha value is -0.220. The van der Waals surface area contributed by atoms with Crippen LogP contribution in [-0.2, 0) is 0 Å². The monoisotopic (exact) mass is 206 g/mol. The van der Waals surface area contributed by atoms with Gasteiger partial charge in [-0.3, -0.25) is 4.90 Å². The first-order valence-corrected chi connectivity index (χ1v) is 5.08. The molecule has 1 N–H and O–H groups in total. The predicted molar refractivity (Wildman–Crippen MR) is 53.7 cm³/mol. The minimum absolute atomic E-state index is 0.149. The van der Waals surface area contributed by atoms with Crippen LogP contribution in [0.4, 0.5) is 8.78 Å². The molecule has 1 rings (SSSR count). The molecule has 1 saturated carbocycles. The van der Waals surface area contributed by atoms with E-state index in [1.165, 1.54) is 12.8 Å². The van der Waals surface area contributed by atoms with Gasteiger partial charge in [0.05, 0.1) is 13.1 Å². The zero-order chi connectivity index (χ0) is 10.8. The predicted octanol–water partition coefficient (Wildman–Crippen LogP) is 1.57. The van der Waals surface area contributed by atoms with Crippen molar-refractivity contribution in [3.05, 3.63) is 0 Å². The minimum Gasteiger partial charge on any atom is -0.314 e. The molecule has 0 heterocycles. The number of hydrogen-bond donors (Lipinski definition) is 1. The normalized spacial score (nSPS) is 20.1. The maximum absolute atomic E-state index is 13.2. The number of halogens is 2. The van der Waals surface area contributed by atoms with E-state index in [1.54, 1.807) is 19.0 Å². The van der Waals surface area contributed by atoms with Gasteiger partial charge < -0.3 is 5.32 Å². The summed E-state index contributed by atoms with van der Waals surface area (Å²) >= 11 is 0. The van der Waals surface area contributed by atoms with Crippen molar-refractivity contribution < 1.29 is 8.78 Å². The van der Waals surface area contributed by atoms with Crippen LogP contribution in [0.5, 0.6) is 0 Å². The van der Waals surface area contributed by atoms with Gasteiger partial charge in [-0.05, 0) is 32.4 Å². The summed E-state index contributed by atoms with van der Waals surface area (Å²) < 4.78 is 26.3. The van der Waals surface area contributed by atoms with Crippen molar-refractivity contribution in [2.75, 3.05) is 33.7 Å². The van der Waals surface area contributed by atoms with E-state index >= 15 is 0 Å². The largest absolute Gasteiger partial charge is 0.314 e. The van der Waals surface area contributed by atoms with Crippen molar-refractivity contribution in [3.63, 3.8) is 0 Å². The first-order valence-electron chi connectivity index (χ1n) is 5.08. The molecule has 2 nitrogen and oxygen atoms in total. The molecule has 1 aliphatic rings. The summed E-state index contributed by atoms with van der Waals surface area (Å²) in [7, 11) is 3.32. The molecule has 14 heavy (non-hydrogen) atoms. The van der Waals surface area contributed by atoms with Gasteiger partial charge in [0.1, 0.15) is 0 Å². The minimum atomic E-state index is -2.62. The third-order valence-corrected chi connectivity index (χ3v) is 2.69. The lowest BCUT2D eigenvalue weighted by Crippen LogP contribution is -2.42. The highest BCUT2D eigenvalue weighted by Crippen LogP contribution is 2.45. The van der Waals surface area contributed by atoms with E-state index < -0.39 is 5.92 Å². The smallest absolute Gasteiger partial charge is 0.272 e. The van der Waals surface area contributed by atoms with E-state index in [2.05, 4.69) is 12.2 Å². The highest BCUT2D eigenvalue weighted by molar-refractivity contribution is 4.91. The molecule has 0 spiro atoms.